The van der Waals surface area contributed by atoms with Crippen LogP contribution in [0.25, 0.3) is 0 Å². The molecule has 1 amide bonds. The fourth-order valence-electron chi connectivity index (χ4n) is 2.68. The van der Waals surface area contributed by atoms with Gasteiger partial charge in [0.1, 0.15) is 5.76 Å². The molecule has 1 unspecified atom stereocenters. The van der Waals surface area contributed by atoms with E-state index in [2.05, 4.69) is 24.1 Å². The summed E-state index contributed by atoms with van der Waals surface area (Å²) in [6.07, 6.45) is 5.12. The molecule has 1 N–H and O–H groups in total. The van der Waals surface area contributed by atoms with Crippen molar-refractivity contribution in [2.45, 2.75) is 39.3 Å². The summed E-state index contributed by atoms with van der Waals surface area (Å²) < 4.78 is 5.22. The van der Waals surface area contributed by atoms with Gasteiger partial charge in [-0.1, -0.05) is 13.8 Å². The van der Waals surface area contributed by atoms with Crippen LogP contribution in [0.1, 0.15) is 32.4 Å². The van der Waals surface area contributed by atoms with Crippen LogP contribution in [0.4, 0.5) is 0 Å². The number of hydrogen-bond acceptors (Lipinski definition) is 4. The molecule has 1 aliphatic heterocycles. The average Bonchev–Trinajstić information content (AvgIpc) is 2.77. The first-order valence-corrected chi connectivity index (χ1v) is 6.38. The minimum absolute atomic E-state index is 0.0119. The van der Waals surface area contributed by atoms with Crippen LogP contribution in [0.15, 0.2) is 17.0 Å². The molecule has 0 aromatic carbocycles. The number of oxazole rings is 1. The third-order valence-electron chi connectivity index (χ3n) is 3.71. The number of carbonyl (C=O) groups is 1. The highest BCUT2D eigenvalue weighted by atomic mass is 16.3. The van der Waals surface area contributed by atoms with E-state index in [4.69, 9.17) is 4.42 Å². The molecule has 0 radical (unpaired) electrons. The quantitative estimate of drug-likeness (QED) is 0.882. The van der Waals surface area contributed by atoms with Crippen LogP contribution in [0.3, 0.4) is 0 Å². The van der Waals surface area contributed by atoms with Crippen molar-refractivity contribution in [1.29, 1.82) is 0 Å². The molecular weight excluding hydrogens is 230 g/mol. The molecule has 100 valence electrons. The lowest BCUT2D eigenvalue weighted by atomic mass is 9.80. The monoisotopic (exact) mass is 251 g/mol. The van der Waals surface area contributed by atoms with Gasteiger partial charge in [0.05, 0.1) is 18.8 Å². The summed E-state index contributed by atoms with van der Waals surface area (Å²) in [4.78, 5) is 18.3. The van der Waals surface area contributed by atoms with Crippen molar-refractivity contribution in [2.24, 2.45) is 5.41 Å². The number of likely N-dealkylation sites (tertiary alicyclic amines) is 1. The molecule has 1 fully saturated rings. The second kappa shape index (κ2) is 5.10. The Bertz CT molecular complexity index is 400. The first-order valence-electron chi connectivity index (χ1n) is 6.38. The summed E-state index contributed by atoms with van der Waals surface area (Å²) >= 11 is 0. The van der Waals surface area contributed by atoms with E-state index in [1.165, 1.54) is 6.39 Å². The number of carbonyl (C=O) groups excluding carboxylic acids is 1. The van der Waals surface area contributed by atoms with Crippen LogP contribution in [0, 0.1) is 5.41 Å². The van der Waals surface area contributed by atoms with Gasteiger partial charge in [-0.25, -0.2) is 4.98 Å². The van der Waals surface area contributed by atoms with Crippen LogP contribution in [0.2, 0.25) is 0 Å². The molecule has 0 saturated carbocycles. The van der Waals surface area contributed by atoms with Gasteiger partial charge in [-0.05, 0) is 25.3 Å². The van der Waals surface area contributed by atoms with Gasteiger partial charge in [0.2, 0.25) is 5.91 Å². The number of nitrogens with zero attached hydrogens (tertiary/aromatic N) is 2. The zero-order valence-electron chi connectivity index (χ0n) is 11.3. The normalized spacial score (nSPS) is 24.1. The Kier molecular flexibility index (Phi) is 3.71. The van der Waals surface area contributed by atoms with Gasteiger partial charge in [0.15, 0.2) is 6.39 Å². The molecule has 5 nitrogen and oxygen atoms in total. The number of hydrogen-bond donors (Lipinski definition) is 1. The van der Waals surface area contributed by atoms with E-state index in [0.29, 0.717) is 6.54 Å². The molecule has 1 aromatic heterocycles. The molecule has 0 aliphatic carbocycles. The standard InChI is InChI=1S/C13H21N3O2/c1-13(2)5-4-6-16(12(17)11(13)14-3)8-10-7-15-9-18-10/h7,9,11,14H,4-6,8H2,1-3H3. The van der Waals surface area contributed by atoms with E-state index in [9.17, 15) is 4.79 Å². The van der Waals surface area contributed by atoms with Crippen LogP contribution in [0.5, 0.6) is 0 Å². The number of aromatic nitrogens is 1. The second-order valence-electron chi connectivity index (χ2n) is 5.54. The van der Waals surface area contributed by atoms with Gasteiger partial charge in [0.25, 0.3) is 0 Å². The Labute approximate surface area is 108 Å². The maximum Gasteiger partial charge on any atom is 0.240 e. The molecule has 2 rings (SSSR count). The zero-order chi connectivity index (χ0) is 13.2. The first kappa shape index (κ1) is 13.1. The second-order valence-corrected chi connectivity index (χ2v) is 5.54. The molecule has 5 heteroatoms. The summed E-state index contributed by atoms with van der Waals surface area (Å²) in [5.41, 5.74) is -0.0119. The van der Waals surface area contributed by atoms with Crippen LogP contribution in [-0.2, 0) is 11.3 Å². The van der Waals surface area contributed by atoms with E-state index in [0.717, 1.165) is 25.1 Å². The first-order chi connectivity index (χ1) is 8.54. The summed E-state index contributed by atoms with van der Waals surface area (Å²) in [5.74, 6) is 0.884. The predicted molar refractivity (Wildman–Crippen MR) is 67.8 cm³/mol. The summed E-state index contributed by atoms with van der Waals surface area (Å²) in [6, 6.07) is -0.136. The number of amides is 1. The minimum atomic E-state index is -0.136. The van der Waals surface area contributed by atoms with Crippen LogP contribution >= 0.6 is 0 Å². The van der Waals surface area contributed by atoms with Gasteiger partial charge in [-0.15, -0.1) is 0 Å². The lowest BCUT2D eigenvalue weighted by Gasteiger charge is -2.32. The van der Waals surface area contributed by atoms with Crippen molar-refractivity contribution in [2.75, 3.05) is 13.6 Å². The average molecular weight is 251 g/mol. The van der Waals surface area contributed by atoms with Crippen molar-refractivity contribution in [3.63, 3.8) is 0 Å². The Hall–Kier alpha value is -1.36. The SMILES string of the molecule is CNC1C(=O)N(Cc2cnco2)CCCC1(C)C. The fourth-order valence-corrected chi connectivity index (χ4v) is 2.68. The Morgan fingerprint density at radius 1 is 1.61 bits per heavy atom. The molecule has 1 atom stereocenters. The molecule has 0 bridgehead atoms. The zero-order valence-corrected chi connectivity index (χ0v) is 11.3. The van der Waals surface area contributed by atoms with Gasteiger partial charge < -0.3 is 14.6 Å². The van der Waals surface area contributed by atoms with Crippen molar-refractivity contribution in [3.8, 4) is 0 Å². The van der Waals surface area contributed by atoms with Gasteiger partial charge >= 0.3 is 0 Å². The summed E-state index contributed by atoms with van der Waals surface area (Å²) in [6.45, 7) is 5.57. The third-order valence-corrected chi connectivity index (χ3v) is 3.71. The van der Waals surface area contributed by atoms with Crippen molar-refractivity contribution < 1.29 is 9.21 Å². The molecule has 1 saturated heterocycles. The maximum atomic E-state index is 12.5. The maximum absolute atomic E-state index is 12.5. The molecule has 18 heavy (non-hydrogen) atoms. The van der Waals surface area contributed by atoms with Gasteiger partial charge in [-0.2, -0.15) is 0 Å². The number of rotatable bonds is 3. The highest BCUT2D eigenvalue weighted by Crippen LogP contribution is 2.31. The van der Waals surface area contributed by atoms with Crippen LogP contribution < -0.4 is 5.32 Å². The Morgan fingerprint density at radius 2 is 2.39 bits per heavy atom. The van der Waals surface area contributed by atoms with Gasteiger partial charge in [-0.3, -0.25) is 4.79 Å². The van der Waals surface area contributed by atoms with Crippen molar-refractivity contribution in [1.82, 2.24) is 15.2 Å². The Balaban J connectivity index is 2.14. The highest BCUT2D eigenvalue weighted by molar-refractivity contribution is 5.83. The van der Waals surface area contributed by atoms with E-state index in [1.807, 2.05) is 11.9 Å². The van der Waals surface area contributed by atoms with Crippen molar-refractivity contribution in [3.05, 3.63) is 18.4 Å². The number of nitrogens with one attached hydrogen (secondary N) is 1. The molecule has 1 aliphatic rings. The van der Waals surface area contributed by atoms with E-state index in [1.54, 1.807) is 6.20 Å². The summed E-state index contributed by atoms with van der Waals surface area (Å²) in [7, 11) is 1.85. The van der Waals surface area contributed by atoms with Crippen molar-refractivity contribution >= 4 is 5.91 Å². The molecule has 0 spiro atoms. The van der Waals surface area contributed by atoms with E-state index in [-0.39, 0.29) is 17.4 Å². The molecule has 2 heterocycles. The third kappa shape index (κ3) is 2.56. The predicted octanol–water partition coefficient (Wildman–Crippen LogP) is 1.41. The van der Waals surface area contributed by atoms with E-state index < -0.39 is 0 Å². The minimum Gasteiger partial charge on any atom is -0.447 e. The van der Waals surface area contributed by atoms with Crippen LogP contribution in [-0.4, -0.2) is 35.4 Å². The van der Waals surface area contributed by atoms with Gasteiger partial charge in [0, 0.05) is 6.54 Å². The Morgan fingerprint density at radius 3 is 3.00 bits per heavy atom. The lowest BCUT2D eigenvalue weighted by Crippen LogP contribution is -2.50. The number of likely N-dealkylation sites (N-methyl/N-ethyl adjacent to an activating group) is 1. The lowest BCUT2D eigenvalue weighted by molar-refractivity contribution is -0.135. The van der Waals surface area contributed by atoms with E-state index >= 15 is 0 Å². The molecule has 1 aromatic rings. The highest BCUT2D eigenvalue weighted by Gasteiger charge is 2.38. The summed E-state index contributed by atoms with van der Waals surface area (Å²) in [5, 5.41) is 3.16. The molecular formula is C13H21N3O2. The largest absolute Gasteiger partial charge is 0.447 e. The topological polar surface area (TPSA) is 58.4 Å². The fraction of sp³-hybridized carbons (Fsp3) is 0.692. The smallest absolute Gasteiger partial charge is 0.240 e.